The monoisotopic (exact) mass is 189 g/mol. The molecule has 5 heteroatoms. The molecule has 0 aromatic carbocycles. The van der Waals surface area contributed by atoms with Gasteiger partial charge in [0.25, 0.3) is 0 Å². The van der Waals surface area contributed by atoms with Crippen molar-refractivity contribution >= 4 is 22.5 Å². The van der Waals surface area contributed by atoms with E-state index < -0.39 is 0 Å². The van der Waals surface area contributed by atoms with Gasteiger partial charge in [-0.25, -0.2) is 4.68 Å². The van der Waals surface area contributed by atoms with Gasteiger partial charge in [-0.15, -0.1) is 16.8 Å². The molecule has 0 bridgehead atoms. The van der Waals surface area contributed by atoms with Gasteiger partial charge in [0, 0.05) is 6.20 Å². The molecule has 0 aliphatic carbocycles. The maximum Gasteiger partial charge on any atom is 0.114 e. The summed E-state index contributed by atoms with van der Waals surface area (Å²) in [4.78, 5) is -0.121. The quantitative estimate of drug-likeness (QED) is 0.569. The highest BCUT2D eigenvalue weighted by Crippen LogP contribution is 2.31. The first-order valence-electron chi connectivity index (χ1n) is 3.28. The summed E-state index contributed by atoms with van der Waals surface area (Å²) >= 11 is 4.15. The van der Waals surface area contributed by atoms with E-state index in [1.165, 1.54) is 10.8 Å². The SMILES string of the molecule is Cc1cn(C(C)(C)SS)nn1. The highest BCUT2D eigenvalue weighted by atomic mass is 33.1. The minimum atomic E-state index is -0.121. The topological polar surface area (TPSA) is 30.7 Å². The lowest BCUT2D eigenvalue weighted by Crippen LogP contribution is -2.21. The third-order valence-corrected chi connectivity index (χ3v) is 3.36. The van der Waals surface area contributed by atoms with Gasteiger partial charge in [-0.2, -0.15) is 0 Å². The highest BCUT2D eigenvalue weighted by Gasteiger charge is 2.20. The Morgan fingerprint density at radius 1 is 1.64 bits per heavy atom. The molecule has 0 unspecified atom stereocenters. The summed E-state index contributed by atoms with van der Waals surface area (Å²) in [6.45, 7) is 6.00. The molecule has 1 aromatic rings. The zero-order valence-corrected chi connectivity index (χ0v) is 8.49. The smallest absolute Gasteiger partial charge is 0.114 e. The minimum Gasteiger partial charge on any atom is -0.236 e. The predicted molar refractivity (Wildman–Crippen MR) is 50.7 cm³/mol. The fourth-order valence-corrected chi connectivity index (χ4v) is 1.08. The summed E-state index contributed by atoms with van der Waals surface area (Å²) in [6.07, 6.45) is 1.91. The molecule has 0 saturated carbocycles. The van der Waals surface area contributed by atoms with Gasteiger partial charge in [-0.1, -0.05) is 16.0 Å². The lowest BCUT2D eigenvalue weighted by atomic mass is 10.4. The van der Waals surface area contributed by atoms with Gasteiger partial charge < -0.3 is 0 Å². The first-order chi connectivity index (χ1) is 5.06. The Balaban J connectivity index is 2.92. The minimum absolute atomic E-state index is 0.121. The highest BCUT2D eigenvalue weighted by molar-refractivity contribution is 8.68. The van der Waals surface area contributed by atoms with E-state index in [4.69, 9.17) is 0 Å². The first-order valence-corrected chi connectivity index (χ1v) is 5.15. The first kappa shape index (κ1) is 8.93. The summed E-state index contributed by atoms with van der Waals surface area (Å²) in [5, 5.41) is 7.85. The average Bonchev–Trinajstić information content (AvgIpc) is 2.36. The van der Waals surface area contributed by atoms with Crippen LogP contribution < -0.4 is 0 Å². The van der Waals surface area contributed by atoms with E-state index in [0.717, 1.165) is 5.69 Å². The van der Waals surface area contributed by atoms with Crippen LogP contribution in [0, 0.1) is 6.92 Å². The molecule has 3 nitrogen and oxygen atoms in total. The molecule has 11 heavy (non-hydrogen) atoms. The maximum absolute atomic E-state index is 4.15. The fourth-order valence-electron chi connectivity index (χ4n) is 0.652. The summed E-state index contributed by atoms with van der Waals surface area (Å²) in [5.74, 6) is 0. The van der Waals surface area contributed by atoms with E-state index in [9.17, 15) is 0 Å². The molecule has 0 radical (unpaired) electrons. The largest absolute Gasteiger partial charge is 0.236 e. The van der Waals surface area contributed by atoms with E-state index in [0.29, 0.717) is 0 Å². The van der Waals surface area contributed by atoms with Crippen molar-refractivity contribution in [1.29, 1.82) is 0 Å². The molecule has 0 aliphatic rings. The molecule has 0 saturated heterocycles. The van der Waals surface area contributed by atoms with Gasteiger partial charge in [-0.05, 0) is 20.8 Å². The Kier molecular flexibility index (Phi) is 2.49. The Bertz CT molecular complexity index is 244. The van der Waals surface area contributed by atoms with Crippen molar-refractivity contribution in [1.82, 2.24) is 15.0 Å². The molecule has 62 valence electrons. The number of hydrogen-bond acceptors (Lipinski definition) is 4. The number of hydrogen-bond donors (Lipinski definition) is 1. The Morgan fingerprint density at radius 2 is 2.27 bits per heavy atom. The molecule has 0 atom stereocenters. The lowest BCUT2D eigenvalue weighted by Gasteiger charge is -2.20. The normalized spacial score (nSPS) is 12.0. The number of nitrogens with zero attached hydrogens (tertiary/aromatic N) is 3. The molecule has 0 N–H and O–H groups in total. The van der Waals surface area contributed by atoms with Crippen LogP contribution in [-0.2, 0) is 4.87 Å². The van der Waals surface area contributed by atoms with Gasteiger partial charge in [0.15, 0.2) is 0 Å². The van der Waals surface area contributed by atoms with Crippen LogP contribution in [0.2, 0.25) is 0 Å². The van der Waals surface area contributed by atoms with Crippen molar-refractivity contribution in [2.75, 3.05) is 0 Å². The van der Waals surface area contributed by atoms with Crippen LogP contribution in [0.5, 0.6) is 0 Å². The van der Waals surface area contributed by atoms with E-state index >= 15 is 0 Å². The second-order valence-corrected chi connectivity index (χ2v) is 4.57. The molecule has 0 spiro atoms. The van der Waals surface area contributed by atoms with Crippen molar-refractivity contribution in [3.63, 3.8) is 0 Å². The van der Waals surface area contributed by atoms with Crippen LogP contribution in [0.15, 0.2) is 6.20 Å². The lowest BCUT2D eigenvalue weighted by molar-refractivity contribution is 0.466. The van der Waals surface area contributed by atoms with Gasteiger partial charge in [-0.3, -0.25) is 0 Å². The van der Waals surface area contributed by atoms with Crippen LogP contribution in [0.25, 0.3) is 0 Å². The number of aromatic nitrogens is 3. The van der Waals surface area contributed by atoms with Gasteiger partial charge in [0.2, 0.25) is 0 Å². The van der Waals surface area contributed by atoms with Crippen molar-refractivity contribution in [2.45, 2.75) is 25.6 Å². The molecule has 1 heterocycles. The van der Waals surface area contributed by atoms with E-state index in [-0.39, 0.29) is 4.87 Å². The summed E-state index contributed by atoms with van der Waals surface area (Å²) in [5.41, 5.74) is 0.931. The van der Waals surface area contributed by atoms with Gasteiger partial charge >= 0.3 is 0 Å². The Morgan fingerprint density at radius 3 is 2.64 bits per heavy atom. The van der Waals surface area contributed by atoms with Crippen LogP contribution in [0.4, 0.5) is 0 Å². The zero-order chi connectivity index (χ0) is 8.48. The van der Waals surface area contributed by atoms with Crippen molar-refractivity contribution in [3.05, 3.63) is 11.9 Å². The molecular formula is C6H11N3S2. The van der Waals surface area contributed by atoms with Gasteiger partial charge in [0.1, 0.15) is 4.87 Å². The third kappa shape index (κ3) is 1.90. The number of rotatable bonds is 2. The average molecular weight is 189 g/mol. The van der Waals surface area contributed by atoms with E-state index in [1.54, 1.807) is 4.68 Å². The molecule has 1 rings (SSSR count). The summed E-state index contributed by atoms with van der Waals surface area (Å²) in [7, 11) is 1.45. The Labute approximate surface area is 75.4 Å². The predicted octanol–water partition coefficient (Wildman–Crippen LogP) is 1.86. The van der Waals surface area contributed by atoms with Gasteiger partial charge in [0.05, 0.1) is 5.69 Å². The maximum atomic E-state index is 4.15. The molecular weight excluding hydrogens is 178 g/mol. The van der Waals surface area contributed by atoms with Crippen LogP contribution in [0.1, 0.15) is 19.5 Å². The van der Waals surface area contributed by atoms with E-state index in [2.05, 4.69) is 22.0 Å². The molecule has 1 aromatic heterocycles. The second-order valence-electron chi connectivity index (χ2n) is 2.84. The van der Waals surface area contributed by atoms with Crippen molar-refractivity contribution < 1.29 is 0 Å². The third-order valence-electron chi connectivity index (χ3n) is 1.38. The molecule has 0 fully saturated rings. The zero-order valence-electron chi connectivity index (χ0n) is 6.77. The van der Waals surface area contributed by atoms with E-state index in [1.807, 2.05) is 27.0 Å². The standard InChI is InChI=1S/C6H11N3S2/c1-5-4-9(8-7-5)6(2,3)11-10/h4,10H,1-3H3. The Hall–Kier alpha value is -0.160. The number of thiol groups is 1. The molecule has 0 amide bonds. The second kappa shape index (κ2) is 3.06. The van der Waals surface area contributed by atoms with Crippen molar-refractivity contribution in [2.24, 2.45) is 0 Å². The molecule has 0 aliphatic heterocycles. The summed E-state index contributed by atoms with van der Waals surface area (Å²) < 4.78 is 1.81. The van der Waals surface area contributed by atoms with Crippen LogP contribution in [0.3, 0.4) is 0 Å². The van der Waals surface area contributed by atoms with Crippen LogP contribution >= 0.6 is 22.5 Å². The van der Waals surface area contributed by atoms with Crippen LogP contribution in [-0.4, -0.2) is 15.0 Å². The summed E-state index contributed by atoms with van der Waals surface area (Å²) in [6, 6.07) is 0. The fraction of sp³-hybridized carbons (Fsp3) is 0.667. The number of aryl methyl sites for hydroxylation is 1. The van der Waals surface area contributed by atoms with Crippen molar-refractivity contribution in [3.8, 4) is 0 Å².